The monoisotopic (exact) mass is 414 g/mol. The van der Waals surface area contributed by atoms with Crippen molar-refractivity contribution in [3.05, 3.63) is 36.2 Å². The number of carbonyl (C=O) groups is 1. The molecular formula is C20H25N7O3. The highest BCUT2D eigenvalue weighted by Gasteiger charge is 2.19. The third kappa shape index (κ3) is 4.13. The van der Waals surface area contributed by atoms with Crippen LogP contribution >= 0.6 is 0 Å². The van der Waals surface area contributed by atoms with Gasteiger partial charge in [0, 0.05) is 32.5 Å². The number of nitrogens with one attached hydrogen (secondary N) is 3. The number of rotatable bonds is 8. The van der Waals surface area contributed by atoms with Crippen molar-refractivity contribution in [3.8, 4) is 5.88 Å². The largest absolute Gasteiger partial charge is 0.480 e. The average Bonchev–Trinajstić information content (AvgIpc) is 3.43. The van der Waals surface area contributed by atoms with E-state index in [4.69, 9.17) is 13.6 Å². The van der Waals surface area contributed by atoms with Gasteiger partial charge in [0.15, 0.2) is 5.65 Å². The Kier molecular flexibility index (Phi) is 4.89. The molecule has 1 saturated heterocycles. The molecule has 3 N–H and O–H groups in total. The SMILES string of the molecule is [2H]C([2H])([2H])Oc1ncccc1Nc1cc(NC)n2ncc(C(=O)NCCC3CCCO3)c2n1. The van der Waals surface area contributed by atoms with Gasteiger partial charge in [0.1, 0.15) is 22.9 Å². The molecule has 1 fully saturated rings. The summed E-state index contributed by atoms with van der Waals surface area (Å²) in [4.78, 5) is 21.3. The molecule has 158 valence electrons. The van der Waals surface area contributed by atoms with Gasteiger partial charge in [-0.15, -0.1) is 0 Å². The van der Waals surface area contributed by atoms with Crippen molar-refractivity contribution in [1.82, 2.24) is 24.9 Å². The highest BCUT2D eigenvalue weighted by Crippen LogP contribution is 2.26. The molecule has 4 rings (SSSR count). The average molecular weight is 414 g/mol. The van der Waals surface area contributed by atoms with Crippen LogP contribution in [0.3, 0.4) is 0 Å². The highest BCUT2D eigenvalue weighted by atomic mass is 16.5. The molecule has 1 aliphatic heterocycles. The summed E-state index contributed by atoms with van der Waals surface area (Å²) in [5.74, 6) is 0.542. The van der Waals surface area contributed by atoms with E-state index in [1.54, 1.807) is 25.2 Å². The first-order chi connectivity index (χ1) is 15.8. The lowest BCUT2D eigenvalue weighted by atomic mass is 10.2. The predicted octanol–water partition coefficient (Wildman–Crippen LogP) is 2.22. The fourth-order valence-electron chi connectivity index (χ4n) is 3.38. The number of anilines is 3. The first-order valence-electron chi connectivity index (χ1n) is 11.2. The number of fused-ring (bicyclic) bond motifs is 1. The molecule has 4 heterocycles. The Morgan fingerprint density at radius 3 is 3.23 bits per heavy atom. The van der Waals surface area contributed by atoms with Crippen LogP contribution in [0.15, 0.2) is 30.6 Å². The maximum Gasteiger partial charge on any atom is 0.256 e. The molecule has 0 radical (unpaired) electrons. The molecule has 0 spiro atoms. The standard InChI is InChI=1S/C20H25N7O3/c1-21-17-11-16(25-15-6-3-8-23-20(15)29-2)26-18-14(12-24-27(17)18)19(28)22-9-7-13-5-4-10-30-13/h3,6,8,11-13,21H,4-5,7,9-10H2,1-2H3,(H,22,28)(H,25,26)/i2D3. The Bertz CT molecular complexity index is 1130. The van der Waals surface area contributed by atoms with Crippen molar-refractivity contribution in [2.24, 2.45) is 0 Å². The maximum absolute atomic E-state index is 12.8. The highest BCUT2D eigenvalue weighted by molar-refractivity contribution is 6.00. The quantitative estimate of drug-likeness (QED) is 0.514. The molecule has 1 aliphatic rings. The lowest BCUT2D eigenvalue weighted by Crippen LogP contribution is -2.27. The van der Waals surface area contributed by atoms with Crippen LogP contribution in [0, 0.1) is 0 Å². The van der Waals surface area contributed by atoms with Crippen molar-refractivity contribution in [3.63, 3.8) is 0 Å². The summed E-state index contributed by atoms with van der Waals surface area (Å²) < 4.78 is 34.1. The van der Waals surface area contributed by atoms with E-state index in [2.05, 4.69) is 31.0 Å². The molecule has 10 heteroatoms. The third-order valence-corrected chi connectivity index (χ3v) is 4.88. The zero-order valence-electron chi connectivity index (χ0n) is 19.5. The number of hydrogen-bond donors (Lipinski definition) is 3. The second-order valence-electron chi connectivity index (χ2n) is 6.83. The fourth-order valence-corrected chi connectivity index (χ4v) is 3.38. The van der Waals surface area contributed by atoms with Gasteiger partial charge in [-0.25, -0.2) is 9.97 Å². The second kappa shape index (κ2) is 8.95. The Hall–Kier alpha value is -3.40. The van der Waals surface area contributed by atoms with E-state index < -0.39 is 7.04 Å². The first-order valence-corrected chi connectivity index (χ1v) is 9.71. The summed E-state index contributed by atoms with van der Waals surface area (Å²) in [6.45, 7) is 1.26. The number of amides is 1. The summed E-state index contributed by atoms with van der Waals surface area (Å²) in [5, 5.41) is 13.2. The maximum atomic E-state index is 12.8. The summed E-state index contributed by atoms with van der Waals surface area (Å²) >= 11 is 0. The number of carbonyl (C=O) groups excluding carboxylic acids is 1. The molecule has 1 unspecified atom stereocenters. The van der Waals surface area contributed by atoms with E-state index in [1.807, 2.05) is 0 Å². The Labute approximate surface area is 178 Å². The molecule has 1 atom stereocenters. The van der Waals surface area contributed by atoms with E-state index >= 15 is 0 Å². The zero-order valence-corrected chi connectivity index (χ0v) is 16.5. The molecule has 30 heavy (non-hydrogen) atoms. The number of methoxy groups -OCH3 is 1. The summed E-state index contributed by atoms with van der Waals surface area (Å²) in [6, 6.07) is 4.93. The second-order valence-corrected chi connectivity index (χ2v) is 6.83. The van der Waals surface area contributed by atoms with Crippen molar-refractivity contribution in [2.75, 3.05) is 37.9 Å². The zero-order chi connectivity index (χ0) is 23.4. The van der Waals surface area contributed by atoms with Gasteiger partial charge in [-0.05, 0) is 31.4 Å². The molecule has 3 aromatic heterocycles. The molecule has 0 saturated carbocycles. The van der Waals surface area contributed by atoms with Gasteiger partial charge in [-0.2, -0.15) is 9.61 Å². The minimum absolute atomic E-state index is 0.0919. The lowest BCUT2D eigenvalue weighted by Gasteiger charge is -2.12. The molecule has 1 amide bonds. The van der Waals surface area contributed by atoms with Gasteiger partial charge in [0.05, 0.1) is 23.5 Å². The lowest BCUT2D eigenvalue weighted by molar-refractivity contribution is 0.0908. The van der Waals surface area contributed by atoms with Crippen molar-refractivity contribution >= 4 is 28.9 Å². The molecule has 0 aliphatic carbocycles. The number of aromatic nitrogens is 4. The van der Waals surface area contributed by atoms with Gasteiger partial charge < -0.3 is 25.4 Å². The summed E-state index contributed by atoms with van der Waals surface area (Å²) in [6.07, 6.45) is 5.88. The molecule has 0 bridgehead atoms. The first kappa shape index (κ1) is 16.4. The van der Waals surface area contributed by atoms with E-state index in [0.717, 1.165) is 25.9 Å². The van der Waals surface area contributed by atoms with Crippen LogP contribution in [0.1, 0.15) is 33.7 Å². The molecular weight excluding hydrogens is 386 g/mol. The topological polar surface area (TPSA) is 115 Å². The molecule has 0 aromatic carbocycles. The van der Waals surface area contributed by atoms with Crippen LogP contribution in [0.25, 0.3) is 5.65 Å². The Balaban J connectivity index is 1.57. The number of ether oxygens (including phenoxy) is 2. The minimum Gasteiger partial charge on any atom is -0.480 e. The van der Waals surface area contributed by atoms with Crippen LogP contribution < -0.4 is 20.7 Å². The summed E-state index contributed by atoms with van der Waals surface area (Å²) in [5.41, 5.74) is 0.961. The van der Waals surface area contributed by atoms with E-state index in [1.165, 1.54) is 16.9 Å². The van der Waals surface area contributed by atoms with Crippen molar-refractivity contribution in [1.29, 1.82) is 0 Å². The Morgan fingerprint density at radius 1 is 1.50 bits per heavy atom. The van der Waals surface area contributed by atoms with Crippen molar-refractivity contribution in [2.45, 2.75) is 25.4 Å². The van der Waals surface area contributed by atoms with E-state index in [9.17, 15) is 4.79 Å². The van der Waals surface area contributed by atoms with Gasteiger partial charge in [0.25, 0.3) is 5.91 Å². The van der Waals surface area contributed by atoms with Gasteiger partial charge >= 0.3 is 0 Å². The van der Waals surface area contributed by atoms with Crippen LogP contribution in [0.4, 0.5) is 17.3 Å². The normalized spacial score (nSPS) is 17.8. The van der Waals surface area contributed by atoms with E-state index in [0.29, 0.717) is 35.1 Å². The number of nitrogens with zero attached hydrogens (tertiary/aromatic N) is 4. The van der Waals surface area contributed by atoms with Gasteiger partial charge in [-0.1, -0.05) is 0 Å². The smallest absolute Gasteiger partial charge is 0.256 e. The van der Waals surface area contributed by atoms with Crippen molar-refractivity contribution < 1.29 is 18.4 Å². The van der Waals surface area contributed by atoms with Crippen LogP contribution in [-0.2, 0) is 4.74 Å². The minimum atomic E-state index is -2.65. The van der Waals surface area contributed by atoms with Gasteiger partial charge in [0.2, 0.25) is 5.88 Å². The van der Waals surface area contributed by atoms with Crippen LogP contribution in [0.2, 0.25) is 0 Å². The van der Waals surface area contributed by atoms with Crippen LogP contribution in [0.5, 0.6) is 5.88 Å². The summed E-state index contributed by atoms with van der Waals surface area (Å²) in [7, 11) is -0.937. The van der Waals surface area contributed by atoms with Gasteiger partial charge in [-0.3, -0.25) is 4.79 Å². The van der Waals surface area contributed by atoms with E-state index in [-0.39, 0.29) is 17.9 Å². The van der Waals surface area contributed by atoms with Crippen LogP contribution in [-0.4, -0.2) is 58.8 Å². The number of pyridine rings is 1. The number of hydrogen-bond acceptors (Lipinski definition) is 8. The fraction of sp³-hybridized carbons (Fsp3) is 0.400. The predicted molar refractivity (Wildman–Crippen MR) is 113 cm³/mol. The Morgan fingerprint density at radius 2 is 2.43 bits per heavy atom. The molecule has 10 nitrogen and oxygen atoms in total. The third-order valence-electron chi connectivity index (χ3n) is 4.88. The molecule has 3 aromatic rings.